The summed E-state index contributed by atoms with van der Waals surface area (Å²) < 4.78 is 0. The summed E-state index contributed by atoms with van der Waals surface area (Å²) in [5.74, 6) is 0.130. The Bertz CT molecular complexity index is 459. The zero-order valence-electron chi connectivity index (χ0n) is 11.0. The molecule has 19 heavy (non-hydrogen) atoms. The Morgan fingerprint density at radius 3 is 2.63 bits per heavy atom. The monoisotopic (exact) mass is 300 g/mol. The number of nitrogens with zero attached hydrogens (tertiary/aromatic N) is 1. The summed E-state index contributed by atoms with van der Waals surface area (Å²) in [7, 11) is 1.88. The second kappa shape index (κ2) is 6.60. The molecule has 0 saturated carbocycles. The van der Waals surface area contributed by atoms with Crippen molar-refractivity contribution in [3.8, 4) is 0 Å². The van der Waals surface area contributed by atoms with Crippen molar-refractivity contribution in [1.82, 2.24) is 10.2 Å². The van der Waals surface area contributed by atoms with Crippen LogP contribution in [0.2, 0.25) is 10.0 Å². The third-order valence-corrected chi connectivity index (χ3v) is 4.33. The van der Waals surface area contributed by atoms with Gasteiger partial charge in [-0.05, 0) is 43.6 Å². The second-order valence-electron chi connectivity index (χ2n) is 4.91. The molecular formula is C14H18Cl2N2O. The normalized spacial score (nSPS) is 16.4. The topological polar surface area (TPSA) is 32.3 Å². The smallest absolute Gasteiger partial charge is 0.226 e. The van der Waals surface area contributed by atoms with E-state index in [0.717, 1.165) is 31.5 Å². The largest absolute Gasteiger partial charge is 0.342 e. The fourth-order valence-electron chi connectivity index (χ4n) is 2.35. The molecule has 0 spiro atoms. The van der Waals surface area contributed by atoms with Gasteiger partial charge in [0.25, 0.3) is 0 Å². The van der Waals surface area contributed by atoms with Gasteiger partial charge in [-0.1, -0.05) is 29.3 Å². The van der Waals surface area contributed by atoms with E-state index in [1.54, 1.807) is 12.1 Å². The van der Waals surface area contributed by atoms with Crippen molar-refractivity contribution in [3.05, 3.63) is 33.8 Å². The summed E-state index contributed by atoms with van der Waals surface area (Å²) in [4.78, 5) is 14.1. The van der Waals surface area contributed by atoms with Crippen molar-refractivity contribution in [1.29, 1.82) is 0 Å². The standard InChI is InChI=1S/C14H18Cl2N2O/c1-18(11-4-6-17-7-5-11)14(19)9-10-2-3-12(15)13(16)8-10/h2-3,8,11,17H,4-7,9H2,1H3. The van der Waals surface area contributed by atoms with Crippen LogP contribution in [0.5, 0.6) is 0 Å². The van der Waals surface area contributed by atoms with Crippen LogP contribution >= 0.6 is 23.2 Å². The summed E-state index contributed by atoms with van der Waals surface area (Å²) in [5, 5.41) is 4.32. The van der Waals surface area contributed by atoms with Crippen molar-refractivity contribution < 1.29 is 4.79 Å². The molecule has 1 aromatic rings. The summed E-state index contributed by atoms with van der Waals surface area (Å²) in [5.41, 5.74) is 0.903. The van der Waals surface area contributed by atoms with Gasteiger partial charge < -0.3 is 10.2 Å². The maximum Gasteiger partial charge on any atom is 0.226 e. The zero-order valence-corrected chi connectivity index (χ0v) is 12.5. The molecule has 1 amide bonds. The molecule has 1 fully saturated rings. The minimum Gasteiger partial charge on any atom is -0.342 e. The molecule has 1 heterocycles. The third kappa shape index (κ3) is 3.85. The predicted molar refractivity (Wildman–Crippen MR) is 78.8 cm³/mol. The van der Waals surface area contributed by atoms with Gasteiger partial charge in [-0.3, -0.25) is 4.79 Å². The van der Waals surface area contributed by atoms with E-state index in [-0.39, 0.29) is 5.91 Å². The van der Waals surface area contributed by atoms with E-state index >= 15 is 0 Å². The average Bonchev–Trinajstić information content (AvgIpc) is 2.43. The van der Waals surface area contributed by atoms with E-state index in [1.165, 1.54) is 0 Å². The molecule has 0 aromatic heterocycles. The van der Waals surface area contributed by atoms with Gasteiger partial charge in [-0.25, -0.2) is 0 Å². The molecule has 2 rings (SSSR count). The lowest BCUT2D eigenvalue weighted by molar-refractivity contribution is -0.131. The molecule has 104 valence electrons. The molecule has 5 heteroatoms. The number of carbonyl (C=O) groups excluding carboxylic acids is 1. The van der Waals surface area contributed by atoms with E-state index in [2.05, 4.69) is 5.32 Å². The van der Waals surface area contributed by atoms with Gasteiger partial charge in [0.15, 0.2) is 0 Å². The van der Waals surface area contributed by atoms with Crippen LogP contribution in [0.25, 0.3) is 0 Å². The number of amides is 1. The lowest BCUT2D eigenvalue weighted by Gasteiger charge is -2.31. The van der Waals surface area contributed by atoms with Crippen LogP contribution in [0.1, 0.15) is 18.4 Å². The molecule has 1 saturated heterocycles. The molecule has 1 aliphatic rings. The lowest BCUT2D eigenvalue weighted by Crippen LogP contribution is -2.44. The van der Waals surface area contributed by atoms with E-state index in [0.29, 0.717) is 22.5 Å². The van der Waals surface area contributed by atoms with Crippen LogP contribution in [0.3, 0.4) is 0 Å². The van der Waals surface area contributed by atoms with Crippen molar-refractivity contribution in [2.45, 2.75) is 25.3 Å². The fraction of sp³-hybridized carbons (Fsp3) is 0.500. The Balaban J connectivity index is 1.97. The number of benzene rings is 1. The van der Waals surface area contributed by atoms with Crippen LogP contribution in [-0.2, 0) is 11.2 Å². The first-order valence-electron chi connectivity index (χ1n) is 6.48. The molecule has 0 bridgehead atoms. The lowest BCUT2D eigenvalue weighted by atomic mass is 10.0. The Morgan fingerprint density at radius 1 is 1.32 bits per heavy atom. The van der Waals surface area contributed by atoms with Gasteiger partial charge >= 0.3 is 0 Å². The number of hydrogen-bond donors (Lipinski definition) is 1. The summed E-state index contributed by atoms with van der Waals surface area (Å²) in [6, 6.07) is 5.69. The maximum absolute atomic E-state index is 12.2. The van der Waals surface area contributed by atoms with E-state index < -0.39 is 0 Å². The van der Waals surface area contributed by atoms with Crippen molar-refractivity contribution in [2.75, 3.05) is 20.1 Å². The Hall–Kier alpha value is -0.770. The molecule has 0 unspecified atom stereocenters. The van der Waals surface area contributed by atoms with Crippen LogP contribution in [-0.4, -0.2) is 37.0 Å². The van der Waals surface area contributed by atoms with Crippen molar-refractivity contribution >= 4 is 29.1 Å². The number of piperidine rings is 1. The summed E-state index contributed by atoms with van der Waals surface area (Å²) in [6.07, 6.45) is 2.41. The zero-order chi connectivity index (χ0) is 13.8. The van der Waals surface area contributed by atoms with Crippen LogP contribution < -0.4 is 5.32 Å². The van der Waals surface area contributed by atoms with Gasteiger partial charge in [0.2, 0.25) is 5.91 Å². The number of nitrogens with one attached hydrogen (secondary N) is 1. The van der Waals surface area contributed by atoms with Crippen LogP contribution in [0, 0.1) is 0 Å². The summed E-state index contributed by atoms with van der Waals surface area (Å²) in [6.45, 7) is 1.96. The van der Waals surface area contributed by atoms with Crippen LogP contribution in [0.15, 0.2) is 18.2 Å². The molecule has 1 N–H and O–H groups in total. The molecule has 0 aliphatic carbocycles. The Labute approximate surface area is 123 Å². The Morgan fingerprint density at radius 2 is 2.00 bits per heavy atom. The molecule has 3 nitrogen and oxygen atoms in total. The van der Waals surface area contributed by atoms with Crippen LogP contribution in [0.4, 0.5) is 0 Å². The van der Waals surface area contributed by atoms with E-state index in [9.17, 15) is 4.79 Å². The number of likely N-dealkylation sites (N-methyl/N-ethyl adjacent to an activating group) is 1. The van der Waals surface area contributed by atoms with Crippen molar-refractivity contribution in [3.63, 3.8) is 0 Å². The first-order valence-corrected chi connectivity index (χ1v) is 7.24. The quantitative estimate of drug-likeness (QED) is 0.931. The molecular weight excluding hydrogens is 283 g/mol. The van der Waals surface area contributed by atoms with Gasteiger partial charge in [0.05, 0.1) is 16.5 Å². The summed E-state index contributed by atoms with van der Waals surface area (Å²) >= 11 is 11.8. The van der Waals surface area contributed by atoms with Gasteiger partial charge in [-0.2, -0.15) is 0 Å². The first kappa shape index (κ1) is 14.6. The highest BCUT2D eigenvalue weighted by atomic mass is 35.5. The fourth-order valence-corrected chi connectivity index (χ4v) is 2.67. The highest BCUT2D eigenvalue weighted by molar-refractivity contribution is 6.42. The minimum absolute atomic E-state index is 0.130. The predicted octanol–water partition coefficient (Wildman–Crippen LogP) is 2.75. The van der Waals surface area contributed by atoms with Gasteiger partial charge in [0, 0.05) is 13.1 Å². The molecule has 1 aromatic carbocycles. The number of hydrogen-bond acceptors (Lipinski definition) is 2. The molecule has 0 atom stereocenters. The molecule has 0 radical (unpaired) electrons. The highest BCUT2D eigenvalue weighted by Crippen LogP contribution is 2.23. The number of carbonyl (C=O) groups is 1. The maximum atomic E-state index is 12.2. The third-order valence-electron chi connectivity index (χ3n) is 3.59. The minimum atomic E-state index is 0.130. The van der Waals surface area contributed by atoms with Crippen molar-refractivity contribution in [2.24, 2.45) is 0 Å². The molecule has 1 aliphatic heterocycles. The number of halogens is 2. The van der Waals surface area contributed by atoms with E-state index in [4.69, 9.17) is 23.2 Å². The highest BCUT2D eigenvalue weighted by Gasteiger charge is 2.21. The van der Waals surface area contributed by atoms with Gasteiger partial charge in [-0.15, -0.1) is 0 Å². The Kier molecular flexibility index (Phi) is 5.08. The van der Waals surface area contributed by atoms with E-state index in [1.807, 2.05) is 18.0 Å². The second-order valence-corrected chi connectivity index (χ2v) is 5.73. The van der Waals surface area contributed by atoms with Gasteiger partial charge in [0.1, 0.15) is 0 Å². The average molecular weight is 301 g/mol. The first-order chi connectivity index (χ1) is 9.08. The SMILES string of the molecule is CN(C(=O)Cc1ccc(Cl)c(Cl)c1)C1CCNCC1. The number of rotatable bonds is 3.